The van der Waals surface area contributed by atoms with E-state index in [0.717, 1.165) is 4.57 Å². The van der Waals surface area contributed by atoms with Crippen LogP contribution in [0, 0.1) is 0 Å². The molecule has 0 spiro atoms. The van der Waals surface area contributed by atoms with E-state index in [9.17, 15) is 22.8 Å². The maximum atomic E-state index is 13.8. The van der Waals surface area contributed by atoms with Gasteiger partial charge in [0, 0.05) is 29.4 Å². The average Bonchev–Trinajstić information content (AvgIpc) is 3.08. The zero-order chi connectivity index (χ0) is 23.0. The van der Waals surface area contributed by atoms with Crippen LogP contribution < -0.4 is 10.9 Å². The minimum absolute atomic E-state index is 0.0716. The predicted molar refractivity (Wildman–Crippen MR) is 115 cm³/mol. The second-order valence-corrected chi connectivity index (χ2v) is 7.51. The summed E-state index contributed by atoms with van der Waals surface area (Å²) < 4.78 is 43.7. The molecule has 0 aliphatic heterocycles. The number of aryl methyl sites for hydroxylation is 1. The van der Waals surface area contributed by atoms with E-state index in [1.165, 1.54) is 11.7 Å². The Morgan fingerprint density at radius 2 is 1.75 bits per heavy atom. The summed E-state index contributed by atoms with van der Waals surface area (Å²) >= 11 is 5.83. The van der Waals surface area contributed by atoms with E-state index in [-0.39, 0.29) is 16.7 Å². The second kappa shape index (κ2) is 8.16. The Bertz CT molecular complexity index is 1360. The highest BCUT2D eigenvalue weighted by Crippen LogP contribution is 2.38. The van der Waals surface area contributed by atoms with E-state index in [4.69, 9.17) is 11.6 Å². The number of carbonyl (C=O) groups excluding carboxylic acids is 1. The van der Waals surface area contributed by atoms with E-state index in [0.29, 0.717) is 22.3 Å². The van der Waals surface area contributed by atoms with Crippen LogP contribution in [0.15, 0.2) is 65.5 Å². The van der Waals surface area contributed by atoms with Gasteiger partial charge in [-0.1, -0.05) is 41.9 Å². The molecule has 0 unspecified atom stereocenters. The van der Waals surface area contributed by atoms with Crippen LogP contribution in [0.2, 0.25) is 5.02 Å². The number of hydrogen-bond donors (Lipinski definition) is 1. The summed E-state index contributed by atoms with van der Waals surface area (Å²) in [5.74, 6) is -0.585. The molecule has 2 aromatic heterocycles. The van der Waals surface area contributed by atoms with Crippen LogP contribution in [-0.4, -0.2) is 20.3 Å². The van der Waals surface area contributed by atoms with Crippen molar-refractivity contribution >= 4 is 34.2 Å². The lowest BCUT2D eigenvalue weighted by molar-refractivity contribution is -0.136. The summed E-state index contributed by atoms with van der Waals surface area (Å²) in [5.41, 5.74) is -1.19. The van der Waals surface area contributed by atoms with E-state index >= 15 is 0 Å². The molecule has 0 aliphatic rings. The topological polar surface area (TPSA) is 68.9 Å². The van der Waals surface area contributed by atoms with Crippen LogP contribution in [-0.2, 0) is 24.6 Å². The van der Waals surface area contributed by atoms with E-state index in [2.05, 4.69) is 10.4 Å². The Balaban J connectivity index is 1.86. The molecular weight excluding hydrogens is 445 g/mol. The highest BCUT2D eigenvalue weighted by atomic mass is 35.5. The average molecular weight is 461 g/mol. The standard InChI is InChI=1S/C22H16ClF3N4O2/c1-29-21-19(20(28-29)13-5-3-2-4-6-13)16(22(24,25)26)11-18(32)30(21)12-17(31)27-15-9-7-14(23)8-10-15/h2-11H,12H2,1H3,(H,27,31). The third kappa shape index (κ3) is 4.11. The monoisotopic (exact) mass is 460 g/mol. The van der Waals surface area contributed by atoms with Crippen molar-refractivity contribution in [1.29, 1.82) is 0 Å². The van der Waals surface area contributed by atoms with Crippen molar-refractivity contribution < 1.29 is 18.0 Å². The molecule has 164 valence electrons. The molecule has 1 N–H and O–H groups in total. The molecule has 10 heteroatoms. The van der Waals surface area contributed by atoms with Crippen molar-refractivity contribution in [2.75, 3.05) is 5.32 Å². The third-order valence-corrected chi connectivity index (χ3v) is 5.11. The van der Waals surface area contributed by atoms with E-state index < -0.39 is 29.8 Å². The number of anilines is 1. The molecule has 0 aliphatic carbocycles. The van der Waals surface area contributed by atoms with E-state index in [1.807, 2.05) is 0 Å². The van der Waals surface area contributed by atoms with Gasteiger partial charge in [-0.3, -0.25) is 18.8 Å². The Morgan fingerprint density at radius 1 is 1.09 bits per heavy atom. The first-order valence-electron chi connectivity index (χ1n) is 9.44. The number of aromatic nitrogens is 3. The van der Waals surface area contributed by atoms with Gasteiger partial charge >= 0.3 is 6.18 Å². The van der Waals surface area contributed by atoms with Crippen molar-refractivity contribution in [3.05, 3.63) is 81.6 Å². The maximum absolute atomic E-state index is 13.8. The number of hydrogen-bond acceptors (Lipinski definition) is 3. The molecular formula is C22H16ClF3N4O2. The fourth-order valence-electron chi connectivity index (χ4n) is 3.50. The lowest BCUT2D eigenvalue weighted by Gasteiger charge is -2.14. The third-order valence-electron chi connectivity index (χ3n) is 4.86. The first-order valence-corrected chi connectivity index (χ1v) is 9.81. The number of nitrogens with one attached hydrogen (secondary N) is 1. The summed E-state index contributed by atoms with van der Waals surface area (Å²) in [7, 11) is 1.43. The molecule has 2 heterocycles. The van der Waals surface area contributed by atoms with Crippen LogP contribution in [0.3, 0.4) is 0 Å². The Hall–Kier alpha value is -3.59. The van der Waals surface area contributed by atoms with Gasteiger partial charge in [0.05, 0.1) is 10.9 Å². The molecule has 2 aromatic carbocycles. The Kier molecular flexibility index (Phi) is 5.52. The van der Waals surface area contributed by atoms with Crippen LogP contribution in [0.5, 0.6) is 0 Å². The quantitative estimate of drug-likeness (QED) is 0.479. The molecule has 0 atom stereocenters. The molecule has 6 nitrogen and oxygen atoms in total. The van der Waals surface area contributed by atoms with E-state index in [1.54, 1.807) is 54.6 Å². The smallest absolute Gasteiger partial charge is 0.325 e. The van der Waals surface area contributed by atoms with Crippen LogP contribution in [0.25, 0.3) is 22.3 Å². The summed E-state index contributed by atoms with van der Waals surface area (Å²) in [6, 6.07) is 15.2. The zero-order valence-electron chi connectivity index (χ0n) is 16.7. The number of halogens is 4. The van der Waals surface area contributed by atoms with Crippen molar-refractivity contribution in [2.45, 2.75) is 12.7 Å². The molecule has 0 bridgehead atoms. The van der Waals surface area contributed by atoms with Crippen LogP contribution in [0.1, 0.15) is 5.56 Å². The maximum Gasteiger partial charge on any atom is 0.417 e. The van der Waals surface area contributed by atoms with Gasteiger partial charge in [0.2, 0.25) is 5.91 Å². The fraction of sp³-hybridized carbons (Fsp3) is 0.136. The second-order valence-electron chi connectivity index (χ2n) is 7.07. The summed E-state index contributed by atoms with van der Waals surface area (Å²) in [4.78, 5) is 25.2. The van der Waals surface area contributed by atoms with Crippen molar-refractivity contribution in [3.8, 4) is 11.3 Å². The van der Waals surface area contributed by atoms with Crippen molar-refractivity contribution in [1.82, 2.24) is 14.3 Å². The van der Waals surface area contributed by atoms with Gasteiger partial charge in [-0.05, 0) is 24.3 Å². The molecule has 0 radical (unpaired) electrons. The number of amides is 1. The summed E-state index contributed by atoms with van der Waals surface area (Å²) in [5, 5.41) is 7.08. The number of carbonyl (C=O) groups is 1. The minimum Gasteiger partial charge on any atom is -0.325 e. The zero-order valence-corrected chi connectivity index (χ0v) is 17.4. The number of alkyl halides is 3. The first kappa shape index (κ1) is 21.6. The Morgan fingerprint density at radius 3 is 2.38 bits per heavy atom. The minimum atomic E-state index is -4.78. The Labute approximate surface area is 184 Å². The number of pyridine rings is 1. The van der Waals surface area contributed by atoms with Crippen LogP contribution in [0.4, 0.5) is 18.9 Å². The lowest BCUT2D eigenvalue weighted by atomic mass is 10.0. The van der Waals surface area contributed by atoms with Crippen molar-refractivity contribution in [2.24, 2.45) is 7.05 Å². The molecule has 1 amide bonds. The number of nitrogens with zero attached hydrogens (tertiary/aromatic N) is 3. The molecule has 0 fully saturated rings. The summed E-state index contributed by atoms with van der Waals surface area (Å²) in [6.07, 6.45) is -4.78. The van der Waals surface area contributed by atoms with Gasteiger partial charge in [0.15, 0.2) is 0 Å². The van der Waals surface area contributed by atoms with Gasteiger partial charge < -0.3 is 5.32 Å². The SMILES string of the molecule is Cn1nc(-c2ccccc2)c2c(C(F)(F)F)cc(=O)n(CC(=O)Nc3ccc(Cl)cc3)c21. The van der Waals surface area contributed by atoms with Gasteiger partial charge in [0.25, 0.3) is 5.56 Å². The van der Waals surface area contributed by atoms with Gasteiger partial charge in [-0.2, -0.15) is 18.3 Å². The highest BCUT2D eigenvalue weighted by Gasteiger charge is 2.37. The lowest BCUT2D eigenvalue weighted by Crippen LogP contribution is -2.30. The van der Waals surface area contributed by atoms with Crippen molar-refractivity contribution in [3.63, 3.8) is 0 Å². The molecule has 0 saturated heterocycles. The molecule has 4 rings (SSSR count). The largest absolute Gasteiger partial charge is 0.417 e. The van der Waals surface area contributed by atoms with Gasteiger partial charge in [0.1, 0.15) is 17.9 Å². The molecule has 32 heavy (non-hydrogen) atoms. The fourth-order valence-corrected chi connectivity index (χ4v) is 3.63. The molecule has 0 saturated carbocycles. The number of benzene rings is 2. The van der Waals surface area contributed by atoms with Gasteiger partial charge in [-0.15, -0.1) is 0 Å². The van der Waals surface area contributed by atoms with Crippen LogP contribution >= 0.6 is 11.6 Å². The first-order chi connectivity index (χ1) is 15.1. The number of fused-ring (bicyclic) bond motifs is 1. The predicted octanol–water partition coefficient (Wildman–Crippen LogP) is 4.71. The normalized spacial score (nSPS) is 11.7. The van der Waals surface area contributed by atoms with Gasteiger partial charge in [-0.25, -0.2) is 0 Å². The number of rotatable bonds is 4. The highest BCUT2D eigenvalue weighted by molar-refractivity contribution is 6.30. The molecule has 4 aromatic rings. The summed E-state index contributed by atoms with van der Waals surface area (Å²) in [6.45, 7) is -0.496.